The monoisotopic (exact) mass is 390 g/mol. The van der Waals surface area contributed by atoms with Gasteiger partial charge in [-0.25, -0.2) is 4.68 Å². The third-order valence-corrected chi connectivity index (χ3v) is 6.84. The summed E-state index contributed by atoms with van der Waals surface area (Å²) in [4.78, 5) is 2.61. The molecular weight excluding hydrogens is 364 g/mol. The third-order valence-electron chi connectivity index (χ3n) is 5.62. The van der Waals surface area contributed by atoms with Gasteiger partial charge >= 0.3 is 0 Å². The van der Waals surface area contributed by atoms with Crippen molar-refractivity contribution in [1.82, 2.24) is 14.7 Å². The number of aromatic nitrogens is 2. The molecule has 1 aromatic carbocycles. The SMILES string of the molecule is COc1ccc(Nc2nn(CN3CCC[C@@H]4CCCC[C@@H]43)c(=S)s2)cc1. The van der Waals surface area contributed by atoms with Gasteiger partial charge in [0, 0.05) is 18.3 Å². The molecule has 1 aromatic heterocycles. The van der Waals surface area contributed by atoms with Crippen molar-refractivity contribution < 1.29 is 4.74 Å². The molecule has 26 heavy (non-hydrogen) atoms. The molecule has 140 valence electrons. The van der Waals surface area contributed by atoms with E-state index in [1.165, 1.54) is 56.4 Å². The number of hydrogen-bond donors (Lipinski definition) is 1. The maximum Gasteiger partial charge on any atom is 0.209 e. The second kappa shape index (κ2) is 8.06. The van der Waals surface area contributed by atoms with E-state index in [4.69, 9.17) is 22.1 Å². The molecule has 1 saturated carbocycles. The topological polar surface area (TPSA) is 42.3 Å². The van der Waals surface area contributed by atoms with Crippen LogP contribution in [0.2, 0.25) is 0 Å². The summed E-state index contributed by atoms with van der Waals surface area (Å²) in [5.74, 6) is 1.73. The Kier molecular flexibility index (Phi) is 5.57. The zero-order chi connectivity index (χ0) is 17.9. The van der Waals surface area contributed by atoms with Crippen LogP contribution in [0.15, 0.2) is 24.3 Å². The lowest BCUT2D eigenvalue weighted by Gasteiger charge is -2.43. The van der Waals surface area contributed by atoms with E-state index in [0.29, 0.717) is 0 Å². The Hall–Kier alpha value is -1.44. The number of anilines is 2. The summed E-state index contributed by atoms with van der Waals surface area (Å²) in [6.07, 6.45) is 8.20. The molecule has 1 saturated heterocycles. The van der Waals surface area contributed by atoms with Gasteiger partial charge in [-0.15, -0.1) is 5.10 Å². The van der Waals surface area contributed by atoms with E-state index in [9.17, 15) is 0 Å². The number of hydrogen-bond acceptors (Lipinski definition) is 6. The summed E-state index contributed by atoms with van der Waals surface area (Å²) in [5.41, 5.74) is 0.993. The normalized spacial score (nSPS) is 23.4. The maximum atomic E-state index is 5.58. The number of methoxy groups -OCH3 is 1. The Bertz CT molecular complexity index is 784. The van der Waals surface area contributed by atoms with Gasteiger partial charge in [0.15, 0.2) is 3.95 Å². The zero-order valence-electron chi connectivity index (χ0n) is 15.2. The number of likely N-dealkylation sites (tertiary alicyclic amines) is 1. The first kappa shape index (κ1) is 17.9. The lowest BCUT2D eigenvalue weighted by Crippen LogP contribution is -2.47. The first-order chi connectivity index (χ1) is 12.7. The Labute approximate surface area is 164 Å². The molecular formula is C19H26N4OS2. The number of nitrogens with one attached hydrogen (secondary N) is 1. The second-order valence-corrected chi connectivity index (χ2v) is 8.86. The molecule has 2 atom stereocenters. The molecule has 0 unspecified atom stereocenters. The largest absolute Gasteiger partial charge is 0.497 e. The fourth-order valence-electron chi connectivity index (χ4n) is 4.32. The number of piperidine rings is 1. The van der Waals surface area contributed by atoms with Crippen molar-refractivity contribution in [3.63, 3.8) is 0 Å². The Balaban J connectivity index is 1.45. The van der Waals surface area contributed by atoms with E-state index in [2.05, 4.69) is 10.2 Å². The third kappa shape index (κ3) is 3.94. The van der Waals surface area contributed by atoms with E-state index in [0.717, 1.165) is 39.2 Å². The highest BCUT2D eigenvalue weighted by atomic mass is 32.1. The molecule has 1 aliphatic heterocycles. The van der Waals surface area contributed by atoms with Gasteiger partial charge in [0.1, 0.15) is 5.75 Å². The molecule has 4 rings (SSSR count). The first-order valence-electron chi connectivity index (χ1n) is 9.46. The zero-order valence-corrected chi connectivity index (χ0v) is 16.8. The number of ether oxygens (including phenoxy) is 1. The molecule has 2 aliphatic rings. The molecule has 1 aliphatic carbocycles. The van der Waals surface area contributed by atoms with Crippen LogP contribution in [0.25, 0.3) is 0 Å². The molecule has 2 fully saturated rings. The van der Waals surface area contributed by atoms with Gasteiger partial charge in [0.2, 0.25) is 5.13 Å². The van der Waals surface area contributed by atoms with Gasteiger partial charge in [0.25, 0.3) is 0 Å². The van der Waals surface area contributed by atoms with Crippen molar-refractivity contribution in [1.29, 1.82) is 0 Å². The van der Waals surface area contributed by atoms with E-state index in [1.807, 2.05) is 28.9 Å². The summed E-state index contributed by atoms with van der Waals surface area (Å²) in [5, 5.41) is 8.93. The van der Waals surface area contributed by atoms with Crippen LogP contribution in [0.3, 0.4) is 0 Å². The first-order valence-corrected chi connectivity index (χ1v) is 10.7. The predicted molar refractivity (Wildman–Crippen MR) is 109 cm³/mol. The molecule has 7 heteroatoms. The van der Waals surface area contributed by atoms with E-state index in [1.54, 1.807) is 7.11 Å². The molecule has 0 bridgehead atoms. The van der Waals surface area contributed by atoms with Crippen LogP contribution in [0, 0.1) is 9.87 Å². The average molecular weight is 391 g/mol. The van der Waals surface area contributed by atoms with Crippen molar-refractivity contribution in [2.24, 2.45) is 5.92 Å². The van der Waals surface area contributed by atoms with E-state index < -0.39 is 0 Å². The maximum absolute atomic E-state index is 5.58. The van der Waals surface area contributed by atoms with Crippen molar-refractivity contribution >= 4 is 34.4 Å². The van der Waals surface area contributed by atoms with Crippen LogP contribution >= 0.6 is 23.6 Å². The Morgan fingerprint density at radius 3 is 2.77 bits per heavy atom. The van der Waals surface area contributed by atoms with Gasteiger partial charge in [-0.3, -0.25) is 4.90 Å². The molecule has 2 heterocycles. The van der Waals surface area contributed by atoms with Gasteiger partial charge < -0.3 is 10.1 Å². The standard InChI is InChI=1S/C19H26N4OS2/c1-24-16-10-8-15(9-11-16)20-18-21-23(19(25)26-18)13-22-12-4-6-14-5-2-3-7-17(14)22/h8-11,14,17H,2-7,12-13H2,1H3,(H,20,21)/t14-,17-/m0/s1. The van der Waals surface area contributed by atoms with Gasteiger partial charge in [-0.2, -0.15) is 0 Å². The quantitative estimate of drug-likeness (QED) is 0.725. The molecule has 0 radical (unpaired) electrons. The van der Waals surface area contributed by atoms with Crippen LogP contribution in [-0.4, -0.2) is 34.4 Å². The number of rotatable bonds is 5. The van der Waals surface area contributed by atoms with Gasteiger partial charge in [-0.1, -0.05) is 24.2 Å². The van der Waals surface area contributed by atoms with Gasteiger partial charge in [-0.05, 0) is 68.1 Å². The van der Waals surface area contributed by atoms with E-state index >= 15 is 0 Å². The van der Waals surface area contributed by atoms with Gasteiger partial charge in [0.05, 0.1) is 13.8 Å². The minimum atomic E-state index is 0.721. The van der Waals surface area contributed by atoms with Crippen molar-refractivity contribution in [3.8, 4) is 5.75 Å². The fourth-order valence-corrected chi connectivity index (χ4v) is 5.33. The molecule has 0 spiro atoms. The highest BCUT2D eigenvalue weighted by Crippen LogP contribution is 2.35. The Morgan fingerprint density at radius 2 is 1.96 bits per heavy atom. The number of fused-ring (bicyclic) bond motifs is 1. The molecule has 0 amide bonds. The van der Waals surface area contributed by atoms with Crippen LogP contribution in [0.1, 0.15) is 38.5 Å². The summed E-state index contributed by atoms with van der Waals surface area (Å²) >= 11 is 7.11. The van der Waals surface area contributed by atoms with Crippen LogP contribution in [-0.2, 0) is 6.67 Å². The van der Waals surface area contributed by atoms with Crippen LogP contribution in [0.4, 0.5) is 10.8 Å². The summed E-state index contributed by atoms with van der Waals surface area (Å²) in [6.45, 7) is 1.99. The van der Waals surface area contributed by atoms with Crippen molar-refractivity contribution in [3.05, 3.63) is 28.2 Å². The highest BCUT2D eigenvalue weighted by molar-refractivity contribution is 7.73. The minimum absolute atomic E-state index is 0.721. The van der Waals surface area contributed by atoms with Crippen LogP contribution in [0.5, 0.6) is 5.75 Å². The van der Waals surface area contributed by atoms with Crippen molar-refractivity contribution in [2.75, 3.05) is 19.0 Å². The predicted octanol–water partition coefficient (Wildman–Crippen LogP) is 5.04. The summed E-state index contributed by atoms with van der Waals surface area (Å²) in [6, 6.07) is 8.58. The molecule has 5 nitrogen and oxygen atoms in total. The smallest absolute Gasteiger partial charge is 0.209 e. The summed E-state index contributed by atoms with van der Waals surface area (Å²) < 4.78 is 8.02. The number of benzene rings is 1. The second-order valence-electron chi connectivity index (χ2n) is 7.23. The fraction of sp³-hybridized carbons (Fsp3) is 0.579. The summed E-state index contributed by atoms with van der Waals surface area (Å²) in [7, 11) is 1.67. The number of nitrogens with zero attached hydrogens (tertiary/aromatic N) is 3. The van der Waals surface area contributed by atoms with E-state index in [-0.39, 0.29) is 0 Å². The Morgan fingerprint density at radius 1 is 1.19 bits per heavy atom. The molecule has 1 N–H and O–H groups in total. The van der Waals surface area contributed by atoms with Crippen molar-refractivity contribution in [2.45, 2.75) is 51.2 Å². The highest BCUT2D eigenvalue weighted by Gasteiger charge is 2.33. The average Bonchev–Trinajstić information content (AvgIpc) is 3.01. The minimum Gasteiger partial charge on any atom is -0.497 e. The molecule has 2 aromatic rings. The van der Waals surface area contributed by atoms with Crippen LogP contribution < -0.4 is 10.1 Å². The lowest BCUT2D eigenvalue weighted by atomic mass is 9.78. The lowest BCUT2D eigenvalue weighted by molar-refractivity contribution is 0.0327.